The van der Waals surface area contributed by atoms with Crippen molar-refractivity contribution in [1.82, 2.24) is 20.1 Å². The van der Waals surface area contributed by atoms with Crippen LogP contribution in [0.3, 0.4) is 0 Å². The topological polar surface area (TPSA) is 52.0 Å². The summed E-state index contributed by atoms with van der Waals surface area (Å²) in [6, 6.07) is 8.51. The summed E-state index contributed by atoms with van der Waals surface area (Å²) in [5.74, 6) is 1.94. The van der Waals surface area contributed by atoms with E-state index in [1.807, 2.05) is 23.9 Å². The van der Waals surface area contributed by atoms with Crippen molar-refractivity contribution in [3.05, 3.63) is 42.0 Å². The minimum atomic E-state index is 0.323. The van der Waals surface area contributed by atoms with Gasteiger partial charge in [-0.05, 0) is 31.0 Å². The Kier molecular flexibility index (Phi) is 5.75. The standard InChI is InChI=1S/C16H24N4O/c1-4-9-17-14(11-16-18-12-19-20(16)2)10-13-7-5-6-8-15(13)21-3/h5-8,12,14,17H,4,9-11H2,1-3H3. The molecule has 0 aliphatic heterocycles. The molecule has 0 amide bonds. The zero-order chi connectivity index (χ0) is 15.1. The first kappa shape index (κ1) is 15.5. The third-order valence-corrected chi connectivity index (χ3v) is 3.58. The molecule has 2 rings (SSSR count). The quantitative estimate of drug-likeness (QED) is 0.807. The molecule has 2 aromatic rings. The Morgan fingerprint density at radius 1 is 1.29 bits per heavy atom. The van der Waals surface area contributed by atoms with Crippen LogP contribution < -0.4 is 10.1 Å². The first-order chi connectivity index (χ1) is 10.2. The average Bonchev–Trinajstić information content (AvgIpc) is 2.90. The lowest BCUT2D eigenvalue weighted by Crippen LogP contribution is -2.34. The molecular formula is C16H24N4O. The lowest BCUT2D eigenvalue weighted by atomic mass is 10.0. The Balaban J connectivity index is 2.10. The molecule has 1 unspecified atom stereocenters. The van der Waals surface area contributed by atoms with E-state index in [2.05, 4.69) is 34.5 Å². The molecule has 1 N–H and O–H groups in total. The highest BCUT2D eigenvalue weighted by Crippen LogP contribution is 2.19. The van der Waals surface area contributed by atoms with E-state index in [-0.39, 0.29) is 0 Å². The van der Waals surface area contributed by atoms with Crippen molar-refractivity contribution in [2.45, 2.75) is 32.2 Å². The molecule has 0 bridgehead atoms. The van der Waals surface area contributed by atoms with Gasteiger partial charge in [-0.2, -0.15) is 5.10 Å². The van der Waals surface area contributed by atoms with Crippen LogP contribution in [0, 0.1) is 0 Å². The maximum absolute atomic E-state index is 5.45. The molecule has 0 saturated heterocycles. The molecular weight excluding hydrogens is 264 g/mol. The van der Waals surface area contributed by atoms with Crippen LogP contribution >= 0.6 is 0 Å². The molecule has 0 aliphatic rings. The second-order valence-corrected chi connectivity index (χ2v) is 5.17. The lowest BCUT2D eigenvalue weighted by Gasteiger charge is -2.19. The Bertz CT molecular complexity index is 553. The van der Waals surface area contributed by atoms with Crippen molar-refractivity contribution in [3.8, 4) is 5.75 Å². The summed E-state index contributed by atoms with van der Waals surface area (Å²) >= 11 is 0. The summed E-state index contributed by atoms with van der Waals surface area (Å²) in [5, 5.41) is 7.74. The van der Waals surface area contributed by atoms with Gasteiger partial charge in [-0.3, -0.25) is 4.68 Å². The van der Waals surface area contributed by atoms with Crippen molar-refractivity contribution in [3.63, 3.8) is 0 Å². The minimum absolute atomic E-state index is 0.323. The molecule has 114 valence electrons. The highest BCUT2D eigenvalue weighted by atomic mass is 16.5. The second-order valence-electron chi connectivity index (χ2n) is 5.17. The van der Waals surface area contributed by atoms with Gasteiger partial charge in [0.1, 0.15) is 17.9 Å². The van der Waals surface area contributed by atoms with Crippen LogP contribution in [0.1, 0.15) is 24.7 Å². The fraction of sp³-hybridized carbons (Fsp3) is 0.500. The molecule has 0 aliphatic carbocycles. The summed E-state index contributed by atoms with van der Waals surface area (Å²) in [6.07, 6.45) is 4.49. The molecule has 0 spiro atoms. The van der Waals surface area contributed by atoms with Crippen LogP contribution in [0.25, 0.3) is 0 Å². The number of methoxy groups -OCH3 is 1. The number of nitrogens with one attached hydrogen (secondary N) is 1. The van der Waals surface area contributed by atoms with Crippen LogP contribution in [0.5, 0.6) is 5.75 Å². The summed E-state index contributed by atoms with van der Waals surface area (Å²) in [5.41, 5.74) is 1.22. The van der Waals surface area contributed by atoms with Crippen molar-refractivity contribution >= 4 is 0 Å². The molecule has 0 fully saturated rings. The first-order valence-corrected chi connectivity index (χ1v) is 7.42. The molecule has 1 aromatic heterocycles. The Hall–Kier alpha value is -1.88. The minimum Gasteiger partial charge on any atom is -0.496 e. The maximum Gasteiger partial charge on any atom is 0.138 e. The molecule has 5 nitrogen and oxygen atoms in total. The third-order valence-electron chi connectivity index (χ3n) is 3.58. The SMILES string of the molecule is CCCNC(Cc1ccccc1OC)Cc1ncnn1C. The van der Waals surface area contributed by atoms with Crippen LogP contribution in [0.2, 0.25) is 0 Å². The Labute approximate surface area is 126 Å². The van der Waals surface area contributed by atoms with E-state index in [1.165, 1.54) is 5.56 Å². The summed E-state index contributed by atoms with van der Waals surface area (Å²) in [7, 11) is 3.65. The number of aryl methyl sites for hydroxylation is 1. The summed E-state index contributed by atoms with van der Waals surface area (Å²) in [4.78, 5) is 4.33. The van der Waals surface area contributed by atoms with E-state index in [9.17, 15) is 0 Å². The number of para-hydroxylation sites is 1. The highest BCUT2D eigenvalue weighted by Gasteiger charge is 2.15. The number of benzene rings is 1. The molecule has 1 atom stereocenters. The number of ether oxygens (including phenoxy) is 1. The zero-order valence-corrected chi connectivity index (χ0v) is 13.0. The van der Waals surface area contributed by atoms with E-state index in [1.54, 1.807) is 13.4 Å². The smallest absolute Gasteiger partial charge is 0.138 e. The van der Waals surface area contributed by atoms with Gasteiger partial charge in [0.2, 0.25) is 0 Å². The number of nitrogens with zero attached hydrogens (tertiary/aromatic N) is 3. The molecule has 21 heavy (non-hydrogen) atoms. The van der Waals surface area contributed by atoms with Gasteiger partial charge in [0.05, 0.1) is 7.11 Å². The summed E-state index contributed by atoms with van der Waals surface area (Å²) < 4.78 is 7.28. The van der Waals surface area contributed by atoms with Gasteiger partial charge in [-0.1, -0.05) is 25.1 Å². The zero-order valence-electron chi connectivity index (χ0n) is 13.0. The van der Waals surface area contributed by atoms with Crippen molar-refractivity contribution in [2.75, 3.05) is 13.7 Å². The highest BCUT2D eigenvalue weighted by molar-refractivity contribution is 5.34. The predicted octanol–water partition coefficient (Wildman–Crippen LogP) is 1.98. The largest absolute Gasteiger partial charge is 0.496 e. The normalized spacial score (nSPS) is 12.3. The maximum atomic E-state index is 5.45. The van der Waals surface area contributed by atoms with Crippen LogP contribution in [0.4, 0.5) is 0 Å². The Morgan fingerprint density at radius 3 is 2.76 bits per heavy atom. The van der Waals surface area contributed by atoms with Crippen LogP contribution in [-0.2, 0) is 19.9 Å². The fourth-order valence-corrected chi connectivity index (χ4v) is 2.43. The molecule has 1 aromatic carbocycles. The first-order valence-electron chi connectivity index (χ1n) is 7.42. The molecule has 5 heteroatoms. The summed E-state index contributed by atoms with van der Waals surface area (Å²) in [6.45, 7) is 3.17. The number of hydrogen-bond acceptors (Lipinski definition) is 4. The van der Waals surface area contributed by atoms with Gasteiger partial charge >= 0.3 is 0 Å². The third kappa shape index (κ3) is 4.29. The van der Waals surface area contributed by atoms with E-state index < -0.39 is 0 Å². The van der Waals surface area contributed by atoms with Gasteiger partial charge in [0, 0.05) is 19.5 Å². The van der Waals surface area contributed by atoms with E-state index in [0.29, 0.717) is 6.04 Å². The van der Waals surface area contributed by atoms with E-state index >= 15 is 0 Å². The van der Waals surface area contributed by atoms with Gasteiger partial charge in [-0.15, -0.1) is 0 Å². The Morgan fingerprint density at radius 2 is 2.10 bits per heavy atom. The fourth-order valence-electron chi connectivity index (χ4n) is 2.43. The van der Waals surface area contributed by atoms with Gasteiger partial charge in [0.25, 0.3) is 0 Å². The number of rotatable bonds is 8. The van der Waals surface area contributed by atoms with Crippen molar-refractivity contribution < 1.29 is 4.74 Å². The average molecular weight is 288 g/mol. The second kappa shape index (κ2) is 7.78. The van der Waals surface area contributed by atoms with E-state index in [4.69, 9.17) is 4.74 Å². The van der Waals surface area contributed by atoms with Gasteiger partial charge in [-0.25, -0.2) is 4.98 Å². The monoisotopic (exact) mass is 288 g/mol. The predicted molar refractivity (Wildman–Crippen MR) is 83.5 cm³/mol. The van der Waals surface area contributed by atoms with Crippen LogP contribution in [0.15, 0.2) is 30.6 Å². The molecule has 1 heterocycles. The number of aromatic nitrogens is 3. The van der Waals surface area contributed by atoms with Crippen molar-refractivity contribution in [1.29, 1.82) is 0 Å². The van der Waals surface area contributed by atoms with E-state index in [0.717, 1.165) is 37.4 Å². The number of hydrogen-bond donors (Lipinski definition) is 1. The molecule has 0 radical (unpaired) electrons. The van der Waals surface area contributed by atoms with Crippen molar-refractivity contribution in [2.24, 2.45) is 7.05 Å². The van der Waals surface area contributed by atoms with Gasteiger partial charge < -0.3 is 10.1 Å². The molecule has 0 saturated carbocycles. The lowest BCUT2D eigenvalue weighted by molar-refractivity contribution is 0.403. The van der Waals surface area contributed by atoms with Gasteiger partial charge in [0.15, 0.2) is 0 Å². The van der Waals surface area contributed by atoms with Crippen LogP contribution in [-0.4, -0.2) is 34.5 Å².